The Kier molecular flexibility index (Phi) is 2.99. The van der Waals surface area contributed by atoms with E-state index in [-0.39, 0.29) is 5.82 Å². The van der Waals surface area contributed by atoms with Gasteiger partial charge in [-0.25, -0.2) is 4.39 Å². The summed E-state index contributed by atoms with van der Waals surface area (Å²) in [6, 6.07) is 7.21. The van der Waals surface area contributed by atoms with Crippen LogP contribution < -0.4 is 10.6 Å². The number of halogens is 1. The molecule has 0 atom stereocenters. The van der Waals surface area contributed by atoms with Crippen LogP contribution in [0.4, 0.5) is 10.1 Å². The molecule has 0 bridgehead atoms. The van der Waals surface area contributed by atoms with Crippen molar-refractivity contribution in [1.29, 1.82) is 0 Å². The van der Waals surface area contributed by atoms with Gasteiger partial charge in [0, 0.05) is 24.8 Å². The van der Waals surface area contributed by atoms with Crippen LogP contribution in [0.2, 0.25) is 0 Å². The van der Waals surface area contributed by atoms with E-state index in [2.05, 4.69) is 10.6 Å². The topological polar surface area (TPSA) is 24.1 Å². The Bertz CT molecular complexity index is 280. The molecule has 0 radical (unpaired) electrons. The Labute approximate surface area is 83.5 Å². The smallest absolute Gasteiger partial charge is 0.123 e. The molecule has 0 spiro atoms. The van der Waals surface area contributed by atoms with Crippen molar-refractivity contribution >= 4 is 5.69 Å². The molecule has 1 aliphatic carbocycles. The predicted octanol–water partition coefficient (Wildman–Crippen LogP) is 1.99. The van der Waals surface area contributed by atoms with E-state index in [1.807, 2.05) is 0 Å². The summed E-state index contributed by atoms with van der Waals surface area (Å²) in [5.41, 5.74) is 0.976. The summed E-state index contributed by atoms with van der Waals surface area (Å²) >= 11 is 0. The first kappa shape index (κ1) is 9.46. The molecular weight excluding hydrogens is 179 g/mol. The van der Waals surface area contributed by atoms with E-state index in [1.54, 1.807) is 12.1 Å². The average Bonchev–Trinajstić information content (AvgIpc) is 2.99. The molecule has 2 nitrogen and oxygen atoms in total. The van der Waals surface area contributed by atoms with Crippen LogP contribution in [0, 0.1) is 5.82 Å². The summed E-state index contributed by atoms with van der Waals surface area (Å²) in [6.07, 6.45) is 2.63. The summed E-state index contributed by atoms with van der Waals surface area (Å²) in [6.45, 7) is 1.87. The highest BCUT2D eigenvalue weighted by atomic mass is 19.1. The summed E-state index contributed by atoms with van der Waals surface area (Å²) < 4.78 is 12.5. The molecule has 1 aromatic carbocycles. The molecule has 1 aromatic rings. The third kappa shape index (κ3) is 3.00. The zero-order valence-corrected chi connectivity index (χ0v) is 8.09. The molecule has 3 heteroatoms. The molecule has 0 aromatic heterocycles. The maximum Gasteiger partial charge on any atom is 0.123 e. The molecule has 0 aliphatic heterocycles. The summed E-state index contributed by atoms with van der Waals surface area (Å²) in [5, 5.41) is 6.63. The molecule has 14 heavy (non-hydrogen) atoms. The minimum absolute atomic E-state index is 0.188. The van der Waals surface area contributed by atoms with Crippen molar-refractivity contribution < 1.29 is 4.39 Å². The van der Waals surface area contributed by atoms with Gasteiger partial charge in [-0.05, 0) is 37.1 Å². The van der Waals surface area contributed by atoms with E-state index in [4.69, 9.17) is 0 Å². The lowest BCUT2D eigenvalue weighted by molar-refractivity contribution is 0.628. The Morgan fingerprint density at radius 3 is 2.50 bits per heavy atom. The number of hydrogen-bond donors (Lipinski definition) is 2. The molecule has 1 saturated carbocycles. The van der Waals surface area contributed by atoms with Gasteiger partial charge in [-0.2, -0.15) is 0 Å². The van der Waals surface area contributed by atoms with Gasteiger partial charge >= 0.3 is 0 Å². The monoisotopic (exact) mass is 194 g/mol. The molecular formula is C11H15FN2. The molecule has 0 saturated heterocycles. The second kappa shape index (κ2) is 4.42. The maximum atomic E-state index is 12.5. The number of nitrogens with one attached hydrogen (secondary N) is 2. The fraction of sp³-hybridized carbons (Fsp3) is 0.455. The van der Waals surface area contributed by atoms with E-state index < -0.39 is 0 Å². The highest BCUT2D eigenvalue weighted by Gasteiger charge is 2.19. The number of benzene rings is 1. The van der Waals surface area contributed by atoms with Crippen LogP contribution in [-0.2, 0) is 0 Å². The lowest BCUT2D eigenvalue weighted by Crippen LogP contribution is -2.23. The lowest BCUT2D eigenvalue weighted by Gasteiger charge is -2.06. The van der Waals surface area contributed by atoms with E-state index in [9.17, 15) is 4.39 Å². The van der Waals surface area contributed by atoms with Gasteiger partial charge in [0.25, 0.3) is 0 Å². The van der Waals surface area contributed by atoms with Crippen LogP contribution in [0.5, 0.6) is 0 Å². The van der Waals surface area contributed by atoms with Crippen LogP contribution >= 0.6 is 0 Å². The van der Waals surface area contributed by atoms with Crippen LogP contribution in [0.1, 0.15) is 12.8 Å². The van der Waals surface area contributed by atoms with Gasteiger partial charge in [0.05, 0.1) is 0 Å². The van der Waals surface area contributed by atoms with Crippen molar-refractivity contribution in [3.63, 3.8) is 0 Å². The molecule has 0 unspecified atom stereocenters. The molecule has 0 heterocycles. The first-order valence-corrected chi connectivity index (χ1v) is 5.07. The summed E-state index contributed by atoms with van der Waals surface area (Å²) in [5.74, 6) is -0.188. The highest BCUT2D eigenvalue weighted by molar-refractivity contribution is 5.42. The number of hydrogen-bond acceptors (Lipinski definition) is 2. The fourth-order valence-electron chi connectivity index (χ4n) is 1.34. The summed E-state index contributed by atoms with van der Waals surface area (Å²) in [4.78, 5) is 0. The standard InChI is InChI=1S/C11H15FN2/c12-9-1-3-10(4-2-9)13-7-8-14-11-5-6-11/h1-4,11,13-14H,5-8H2. The van der Waals surface area contributed by atoms with Crippen molar-refractivity contribution in [2.45, 2.75) is 18.9 Å². The van der Waals surface area contributed by atoms with E-state index in [0.29, 0.717) is 0 Å². The number of anilines is 1. The zero-order valence-electron chi connectivity index (χ0n) is 8.09. The molecule has 1 aliphatic rings. The van der Waals surface area contributed by atoms with Crippen molar-refractivity contribution in [3.05, 3.63) is 30.1 Å². The third-order valence-corrected chi connectivity index (χ3v) is 2.31. The average molecular weight is 194 g/mol. The van der Waals surface area contributed by atoms with Gasteiger partial charge in [0.2, 0.25) is 0 Å². The van der Waals surface area contributed by atoms with Crippen LogP contribution in [-0.4, -0.2) is 19.1 Å². The van der Waals surface area contributed by atoms with Gasteiger partial charge in [-0.15, -0.1) is 0 Å². The molecule has 2 N–H and O–H groups in total. The van der Waals surface area contributed by atoms with Gasteiger partial charge in [0.1, 0.15) is 5.82 Å². The second-order valence-corrected chi connectivity index (χ2v) is 3.66. The SMILES string of the molecule is Fc1ccc(NCCNC2CC2)cc1. The first-order chi connectivity index (χ1) is 6.84. The highest BCUT2D eigenvalue weighted by Crippen LogP contribution is 2.17. The van der Waals surface area contributed by atoms with E-state index >= 15 is 0 Å². The largest absolute Gasteiger partial charge is 0.384 e. The predicted molar refractivity (Wildman–Crippen MR) is 55.9 cm³/mol. The van der Waals surface area contributed by atoms with Crippen molar-refractivity contribution in [2.24, 2.45) is 0 Å². The van der Waals surface area contributed by atoms with Crippen molar-refractivity contribution in [1.82, 2.24) is 5.32 Å². The van der Waals surface area contributed by atoms with Crippen LogP contribution in [0.15, 0.2) is 24.3 Å². The van der Waals surface area contributed by atoms with E-state index in [1.165, 1.54) is 25.0 Å². The van der Waals surface area contributed by atoms with Gasteiger partial charge in [-0.3, -0.25) is 0 Å². The second-order valence-electron chi connectivity index (χ2n) is 3.66. The quantitative estimate of drug-likeness (QED) is 0.700. The zero-order chi connectivity index (χ0) is 9.80. The van der Waals surface area contributed by atoms with E-state index in [0.717, 1.165) is 24.8 Å². The van der Waals surface area contributed by atoms with Gasteiger partial charge in [-0.1, -0.05) is 0 Å². The van der Waals surface area contributed by atoms with Crippen LogP contribution in [0.3, 0.4) is 0 Å². The Balaban J connectivity index is 1.66. The van der Waals surface area contributed by atoms with Gasteiger partial charge in [0.15, 0.2) is 0 Å². The third-order valence-electron chi connectivity index (χ3n) is 2.31. The van der Waals surface area contributed by atoms with Crippen molar-refractivity contribution in [2.75, 3.05) is 18.4 Å². The lowest BCUT2D eigenvalue weighted by atomic mass is 10.3. The van der Waals surface area contributed by atoms with Crippen LogP contribution in [0.25, 0.3) is 0 Å². The normalized spacial score (nSPS) is 15.5. The Morgan fingerprint density at radius 1 is 1.14 bits per heavy atom. The fourth-order valence-corrected chi connectivity index (χ4v) is 1.34. The number of rotatable bonds is 5. The minimum atomic E-state index is -0.188. The molecule has 2 rings (SSSR count). The van der Waals surface area contributed by atoms with Gasteiger partial charge < -0.3 is 10.6 Å². The first-order valence-electron chi connectivity index (χ1n) is 5.07. The molecule has 76 valence electrons. The molecule has 1 fully saturated rings. The van der Waals surface area contributed by atoms with Crippen molar-refractivity contribution in [3.8, 4) is 0 Å². The Morgan fingerprint density at radius 2 is 1.86 bits per heavy atom. The molecule has 0 amide bonds. The summed E-state index contributed by atoms with van der Waals surface area (Å²) in [7, 11) is 0. The maximum absolute atomic E-state index is 12.5. The minimum Gasteiger partial charge on any atom is -0.384 e. The Hall–Kier alpha value is -1.09.